The number of fused-ring (bicyclic) bond motifs is 5. The Morgan fingerprint density at radius 1 is 1.29 bits per heavy atom. The molecule has 0 bridgehead atoms. The van der Waals surface area contributed by atoms with E-state index in [2.05, 4.69) is 5.10 Å². The van der Waals surface area contributed by atoms with E-state index >= 15 is 0 Å². The van der Waals surface area contributed by atoms with Crippen LogP contribution in [0.15, 0.2) is 0 Å². The molecule has 24 heavy (non-hydrogen) atoms. The summed E-state index contributed by atoms with van der Waals surface area (Å²) in [5, 5.41) is 4.10. The SMILES string of the molecule is CC(C)(C)OC(=O)N1CCc2nn3c(c2CC1)OS(=O)(=O)C1CC13. The Kier molecular flexibility index (Phi) is 3.20. The van der Waals surface area contributed by atoms with Crippen LogP contribution >= 0.6 is 0 Å². The van der Waals surface area contributed by atoms with E-state index < -0.39 is 21.0 Å². The molecule has 1 amide bonds. The largest absolute Gasteiger partial charge is 0.444 e. The molecule has 2 aliphatic heterocycles. The van der Waals surface area contributed by atoms with E-state index in [9.17, 15) is 13.2 Å². The van der Waals surface area contributed by atoms with E-state index in [1.165, 1.54) is 0 Å². The second kappa shape index (κ2) is 4.87. The zero-order chi connectivity index (χ0) is 17.3. The maximum Gasteiger partial charge on any atom is 0.410 e. The van der Waals surface area contributed by atoms with Crippen LogP contribution in [0.1, 0.15) is 44.5 Å². The van der Waals surface area contributed by atoms with Gasteiger partial charge in [-0.25, -0.2) is 9.48 Å². The van der Waals surface area contributed by atoms with Gasteiger partial charge in [0.05, 0.1) is 11.7 Å². The van der Waals surface area contributed by atoms with Gasteiger partial charge in [-0.2, -0.15) is 13.5 Å². The minimum absolute atomic E-state index is 0.0902. The lowest BCUT2D eigenvalue weighted by Crippen LogP contribution is -2.38. The first-order valence-corrected chi connectivity index (χ1v) is 9.64. The number of hydrogen-bond donors (Lipinski definition) is 0. The molecule has 0 aromatic carbocycles. The molecule has 1 fully saturated rings. The van der Waals surface area contributed by atoms with Gasteiger partial charge in [-0.15, -0.1) is 0 Å². The van der Waals surface area contributed by atoms with Gasteiger partial charge in [0.15, 0.2) is 0 Å². The van der Waals surface area contributed by atoms with Crippen LogP contribution in [0.25, 0.3) is 0 Å². The number of amides is 1. The van der Waals surface area contributed by atoms with Crippen molar-refractivity contribution in [3.8, 4) is 5.88 Å². The van der Waals surface area contributed by atoms with E-state index in [0.717, 1.165) is 11.3 Å². The van der Waals surface area contributed by atoms with Crippen LogP contribution in [-0.2, 0) is 27.7 Å². The number of hydrogen-bond acceptors (Lipinski definition) is 6. The van der Waals surface area contributed by atoms with Gasteiger partial charge in [-0.1, -0.05) is 0 Å². The average molecular weight is 355 g/mol. The summed E-state index contributed by atoms with van der Waals surface area (Å²) in [6.45, 7) is 6.45. The number of carbonyl (C=O) groups excluding carboxylic acids is 1. The lowest BCUT2D eigenvalue weighted by atomic mass is 10.1. The second-order valence-electron chi connectivity index (χ2n) is 7.56. The van der Waals surface area contributed by atoms with Gasteiger partial charge in [0.25, 0.3) is 0 Å². The summed E-state index contributed by atoms with van der Waals surface area (Å²) in [4.78, 5) is 13.9. The Balaban J connectivity index is 1.56. The van der Waals surface area contributed by atoms with Crippen molar-refractivity contribution in [2.24, 2.45) is 0 Å². The molecule has 0 N–H and O–H groups in total. The molecule has 2 atom stereocenters. The van der Waals surface area contributed by atoms with E-state index in [1.54, 1.807) is 9.58 Å². The van der Waals surface area contributed by atoms with Crippen molar-refractivity contribution < 1.29 is 22.1 Å². The number of nitrogens with zero attached hydrogens (tertiary/aromatic N) is 3. The normalized spacial score (nSPS) is 27.2. The molecule has 3 heterocycles. The molecule has 3 aliphatic rings. The first-order valence-electron chi connectivity index (χ1n) is 8.17. The lowest BCUT2D eigenvalue weighted by molar-refractivity contribution is 0.0258. The molecular formula is C15H21N3O5S. The highest BCUT2D eigenvalue weighted by Crippen LogP contribution is 2.50. The molecule has 8 nitrogen and oxygen atoms in total. The lowest BCUT2D eigenvalue weighted by Gasteiger charge is -2.26. The van der Waals surface area contributed by atoms with Gasteiger partial charge >= 0.3 is 16.2 Å². The summed E-state index contributed by atoms with van der Waals surface area (Å²) in [6, 6.07) is -0.0902. The van der Waals surface area contributed by atoms with Crippen molar-refractivity contribution in [1.29, 1.82) is 0 Å². The van der Waals surface area contributed by atoms with Crippen LogP contribution in [0.3, 0.4) is 0 Å². The van der Waals surface area contributed by atoms with Crippen molar-refractivity contribution in [3.05, 3.63) is 11.3 Å². The Morgan fingerprint density at radius 2 is 2.00 bits per heavy atom. The Bertz CT molecular complexity index is 808. The molecule has 0 radical (unpaired) electrons. The highest BCUT2D eigenvalue weighted by Gasteiger charge is 2.56. The van der Waals surface area contributed by atoms with Gasteiger partial charge < -0.3 is 13.8 Å². The zero-order valence-electron chi connectivity index (χ0n) is 14.0. The van der Waals surface area contributed by atoms with Crippen molar-refractivity contribution in [2.45, 2.75) is 56.9 Å². The molecule has 0 spiro atoms. The molecule has 0 saturated heterocycles. The first-order chi connectivity index (χ1) is 11.2. The Morgan fingerprint density at radius 3 is 2.71 bits per heavy atom. The van der Waals surface area contributed by atoms with Crippen LogP contribution in [0.2, 0.25) is 0 Å². The average Bonchev–Trinajstić information content (AvgIpc) is 3.21. The third kappa shape index (κ3) is 2.54. The fourth-order valence-corrected chi connectivity index (χ4v) is 4.72. The first kappa shape index (κ1) is 15.7. The van der Waals surface area contributed by atoms with E-state index in [-0.39, 0.29) is 12.1 Å². The number of carbonyl (C=O) groups is 1. The van der Waals surface area contributed by atoms with Crippen LogP contribution in [-0.4, -0.2) is 53.1 Å². The fourth-order valence-electron chi connectivity index (χ4n) is 3.27. The molecule has 1 aromatic heterocycles. The molecule has 132 valence electrons. The van der Waals surface area contributed by atoms with Crippen molar-refractivity contribution in [3.63, 3.8) is 0 Å². The summed E-state index contributed by atoms with van der Waals surface area (Å²) in [7, 11) is -3.54. The van der Waals surface area contributed by atoms with E-state index in [0.29, 0.717) is 38.2 Å². The molecule has 2 unspecified atom stereocenters. The number of rotatable bonds is 0. The minimum atomic E-state index is -3.54. The van der Waals surface area contributed by atoms with Crippen molar-refractivity contribution in [2.75, 3.05) is 13.1 Å². The highest BCUT2D eigenvalue weighted by atomic mass is 32.2. The summed E-state index contributed by atoms with van der Waals surface area (Å²) in [5.41, 5.74) is 1.07. The molecule has 1 aromatic rings. The smallest absolute Gasteiger partial charge is 0.410 e. The summed E-state index contributed by atoms with van der Waals surface area (Å²) >= 11 is 0. The summed E-state index contributed by atoms with van der Waals surface area (Å²) < 4.78 is 36.5. The highest BCUT2D eigenvalue weighted by molar-refractivity contribution is 7.88. The molecule has 1 aliphatic carbocycles. The van der Waals surface area contributed by atoms with Crippen LogP contribution in [0.5, 0.6) is 5.88 Å². The Hall–Kier alpha value is -1.77. The van der Waals surface area contributed by atoms with Gasteiger partial charge in [-0.05, 0) is 33.6 Å². The second-order valence-corrected chi connectivity index (χ2v) is 9.32. The molecule has 4 rings (SSSR count). The van der Waals surface area contributed by atoms with Gasteiger partial charge in [0, 0.05) is 25.1 Å². The minimum Gasteiger partial charge on any atom is -0.444 e. The van der Waals surface area contributed by atoms with Gasteiger partial charge in [0.1, 0.15) is 10.9 Å². The van der Waals surface area contributed by atoms with E-state index in [1.807, 2.05) is 20.8 Å². The monoisotopic (exact) mass is 355 g/mol. The Labute approximate surface area is 140 Å². The maximum atomic E-state index is 12.2. The van der Waals surface area contributed by atoms with Gasteiger partial charge in [-0.3, -0.25) is 0 Å². The molecular weight excluding hydrogens is 334 g/mol. The topological polar surface area (TPSA) is 90.7 Å². The van der Waals surface area contributed by atoms with Gasteiger partial charge in [0.2, 0.25) is 5.88 Å². The predicted molar refractivity (Wildman–Crippen MR) is 84.4 cm³/mol. The van der Waals surface area contributed by atoms with Crippen LogP contribution < -0.4 is 4.18 Å². The summed E-state index contributed by atoms with van der Waals surface area (Å²) in [5.74, 6) is 0.342. The third-order valence-electron chi connectivity index (χ3n) is 4.52. The van der Waals surface area contributed by atoms with Crippen molar-refractivity contribution >= 4 is 16.2 Å². The third-order valence-corrected chi connectivity index (χ3v) is 6.16. The number of aromatic nitrogens is 2. The number of ether oxygens (including phenoxy) is 1. The quantitative estimate of drug-likeness (QED) is 0.651. The van der Waals surface area contributed by atoms with E-state index in [4.69, 9.17) is 8.92 Å². The fraction of sp³-hybridized carbons (Fsp3) is 0.733. The standard InChI is InChI=1S/C15H21N3O5S/c1-15(2,3)22-14(19)17-6-4-9-10(5-7-17)16-18-11-8-12(11)24(20,21)23-13(9)18/h11-12H,4-8H2,1-3H3. The maximum absolute atomic E-state index is 12.2. The van der Waals surface area contributed by atoms with Crippen LogP contribution in [0, 0.1) is 0 Å². The van der Waals surface area contributed by atoms with Crippen LogP contribution in [0.4, 0.5) is 4.79 Å². The van der Waals surface area contributed by atoms with Crippen molar-refractivity contribution in [1.82, 2.24) is 14.7 Å². The zero-order valence-corrected chi connectivity index (χ0v) is 14.8. The predicted octanol–water partition coefficient (Wildman–Crippen LogP) is 1.25. The molecule has 9 heteroatoms. The molecule has 1 saturated carbocycles. The summed E-state index contributed by atoms with van der Waals surface area (Å²) in [6.07, 6.45) is 1.29.